The van der Waals surface area contributed by atoms with Crippen molar-refractivity contribution in [2.45, 2.75) is 47.0 Å². The van der Waals surface area contributed by atoms with Crippen LogP contribution in [0.25, 0.3) is 0 Å². The molecule has 1 rings (SSSR count). The van der Waals surface area contributed by atoms with Gasteiger partial charge in [0.05, 0.1) is 25.0 Å². The molecule has 4 unspecified atom stereocenters. The summed E-state index contributed by atoms with van der Waals surface area (Å²) in [6.07, 6.45) is 2.47. The summed E-state index contributed by atoms with van der Waals surface area (Å²) in [4.78, 5) is 24.2. The molecule has 0 aromatic rings. The molecule has 0 N–H and O–H groups in total. The van der Waals surface area contributed by atoms with E-state index >= 15 is 0 Å². The Labute approximate surface area is 115 Å². The number of carbonyl (C=O) groups excluding carboxylic acids is 2. The fourth-order valence-corrected chi connectivity index (χ4v) is 2.94. The molecule has 1 aliphatic carbocycles. The zero-order valence-corrected chi connectivity index (χ0v) is 12.5. The molecule has 0 radical (unpaired) electrons. The molecule has 0 aromatic heterocycles. The van der Waals surface area contributed by atoms with Gasteiger partial charge < -0.3 is 9.47 Å². The van der Waals surface area contributed by atoms with Crippen molar-refractivity contribution in [3.8, 4) is 0 Å². The van der Waals surface area contributed by atoms with Gasteiger partial charge in [0.2, 0.25) is 0 Å². The van der Waals surface area contributed by atoms with Crippen molar-refractivity contribution in [1.29, 1.82) is 0 Å². The lowest BCUT2D eigenvalue weighted by atomic mass is 9.88. The molecular formula is C15H26O4. The van der Waals surface area contributed by atoms with E-state index in [0.29, 0.717) is 13.2 Å². The lowest BCUT2D eigenvalue weighted by Gasteiger charge is -2.21. The second kappa shape index (κ2) is 7.51. The molecule has 110 valence electrons. The molecule has 1 aliphatic rings. The van der Waals surface area contributed by atoms with E-state index in [1.54, 1.807) is 0 Å². The van der Waals surface area contributed by atoms with Crippen LogP contribution < -0.4 is 0 Å². The van der Waals surface area contributed by atoms with Crippen LogP contribution in [0, 0.1) is 23.7 Å². The molecule has 0 amide bonds. The van der Waals surface area contributed by atoms with Gasteiger partial charge in [-0.15, -0.1) is 0 Å². The molecule has 0 spiro atoms. The summed E-state index contributed by atoms with van der Waals surface area (Å²) in [7, 11) is 0. The number of carbonyl (C=O) groups is 2. The average molecular weight is 270 g/mol. The summed E-state index contributed by atoms with van der Waals surface area (Å²) in [5.41, 5.74) is 0. The third-order valence-electron chi connectivity index (χ3n) is 3.80. The molecule has 0 heterocycles. The quantitative estimate of drug-likeness (QED) is 0.696. The topological polar surface area (TPSA) is 52.6 Å². The fraction of sp³-hybridized carbons (Fsp3) is 0.867. The van der Waals surface area contributed by atoms with Crippen LogP contribution >= 0.6 is 0 Å². The van der Waals surface area contributed by atoms with Crippen molar-refractivity contribution in [3.63, 3.8) is 0 Å². The smallest absolute Gasteiger partial charge is 0.310 e. The Kier molecular flexibility index (Phi) is 6.32. The Morgan fingerprint density at radius 2 is 1.26 bits per heavy atom. The standard InChI is InChI=1S/C15H26O4/c1-5-7-18-14(16)12-10(3)9-11(4)13(12)15(17)19-8-6-2/h10-13H,5-9H2,1-4H3. The van der Waals surface area contributed by atoms with Crippen LogP contribution in [-0.4, -0.2) is 25.2 Å². The first-order chi connectivity index (χ1) is 9.02. The van der Waals surface area contributed by atoms with Crippen LogP contribution in [0.15, 0.2) is 0 Å². The Balaban J connectivity index is 2.73. The number of hydrogen-bond acceptors (Lipinski definition) is 4. The fourth-order valence-electron chi connectivity index (χ4n) is 2.94. The van der Waals surface area contributed by atoms with Gasteiger partial charge in [-0.2, -0.15) is 0 Å². The maximum absolute atomic E-state index is 12.1. The van der Waals surface area contributed by atoms with Crippen molar-refractivity contribution in [2.75, 3.05) is 13.2 Å². The van der Waals surface area contributed by atoms with E-state index < -0.39 is 0 Å². The Hall–Kier alpha value is -1.06. The van der Waals surface area contributed by atoms with Crippen molar-refractivity contribution in [1.82, 2.24) is 0 Å². The summed E-state index contributed by atoms with van der Waals surface area (Å²) in [6.45, 7) is 8.80. The molecule has 19 heavy (non-hydrogen) atoms. The van der Waals surface area contributed by atoms with Gasteiger partial charge in [-0.25, -0.2) is 0 Å². The van der Waals surface area contributed by atoms with Crippen LogP contribution in [0.1, 0.15) is 47.0 Å². The number of rotatable bonds is 6. The first-order valence-electron chi connectivity index (χ1n) is 7.36. The second-order valence-corrected chi connectivity index (χ2v) is 5.58. The van der Waals surface area contributed by atoms with Crippen molar-refractivity contribution in [3.05, 3.63) is 0 Å². The predicted molar refractivity (Wildman–Crippen MR) is 72.4 cm³/mol. The van der Waals surface area contributed by atoms with Gasteiger partial charge in [-0.05, 0) is 31.1 Å². The monoisotopic (exact) mass is 270 g/mol. The van der Waals surface area contributed by atoms with Gasteiger partial charge in [0.15, 0.2) is 0 Å². The number of esters is 2. The van der Waals surface area contributed by atoms with Gasteiger partial charge in [-0.3, -0.25) is 9.59 Å². The maximum Gasteiger partial charge on any atom is 0.310 e. The van der Waals surface area contributed by atoms with Crippen molar-refractivity contribution < 1.29 is 19.1 Å². The molecule has 4 heteroatoms. The molecule has 4 atom stereocenters. The molecule has 0 saturated heterocycles. The van der Waals surface area contributed by atoms with Crippen LogP contribution in [0.4, 0.5) is 0 Å². The highest BCUT2D eigenvalue weighted by molar-refractivity contribution is 5.83. The third kappa shape index (κ3) is 3.95. The largest absolute Gasteiger partial charge is 0.465 e. The maximum atomic E-state index is 12.1. The molecule has 1 saturated carbocycles. The number of hydrogen-bond donors (Lipinski definition) is 0. The van der Waals surface area contributed by atoms with E-state index in [4.69, 9.17) is 9.47 Å². The Morgan fingerprint density at radius 1 is 0.895 bits per heavy atom. The summed E-state index contributed by atoms with van der Waals surface area (Å²) < 4.78 is 10.5. The Morgan fingerprint density at radius 3 is 1.58 bits per heavy atom. The lowest BCUT2D eigenvalue weighted by Crippen LogP contribution is -2.33. The summed E-state index contributed by atoms with van der Waals surface area (Å²) in [5, 5.41) is 0. The van der Waals surface area contributed by atoms with Gasteiger partial charge in [0, 0.05) is 0 Å². The minimum atomic E-state index is -0.342. The zero-order valence-electron chi connectivity index (χ0n) is 12.5. The van der Waals surface area contributed by atoms with E-state index in [2.05, 4.69) is 0 Å². The highest BCUT2D eigenvalue weighted by Gasteiger charge is 2.48. The van der Waals surface area contributed by atoms with Crippen molar-refractivity contribution in [2.24, 2.45) is 23.7 Å². The van der Waals surface area contributed by atoms with E-state index in [0.717, 1.165) is 19.3 Å². The first kappa shape index (κ1) is 16.0. The van der Waals surface area contributed by atoms with E-state index in [1.807, 2.05) is 27.7 Å². The lowest BCUT2D eigenvalue weighted by molar-refractivity contribution is -0.161. The molecule has 0 aromatic carbocycles. The van der Waals surface area contributed by atoms with Gasteiger partial charge in [0.1, 0.15) is 0 Å². The van der Waals surface area contributed by atoms with Gasteiger partial charge >= 0.3 is 11.9 Å². The summed E-state index contributed by atoms with van der Waals surface area (Å²) >= 11 is 0. The minimum Gasteiger partial charge on any atom is -0.465 e. The van der Waals surface area contributed by atoms with E-state index in [1.165, 1.54) is 0 Å². The third-order valence-corrected chi connectivity index (χ3v) is 3.80. The van der Waals surface area contributed by atoms with Crippen LogP contribution in [0.3, 0.4) is 0 Å². The van der Waals surface area contributed by atoms with Gasteiger partial charge in [0.25, 0.3) is 0 Å². The number of ether oxygens (including phenoxy) is 2. The van der Waals surface area contributed by atoms with E-state index in [-0.39, 0.29) is 35.6 Å². The highest BCUT2D eigenvalue weighted by Crippen LogP contribution is 2.42. The summed E-state index contributed by atoms with van der Waals surface area (Å²) in [6, 6.07) is 0. The zero-order chi connectivity index (χ0) is 14.4. The van der Waals surface area contributed by atoms with Crippen LogP contribution in [0.5, 0.6) is 0 Å². The van der Waals surface area contributed by atoms with Crippen LogP contribution in [0.2, 0.25) is 0 Å². The molecule has 4 nitrogen and oxygen atoms in total. The molecular weight excluding hydrogens is 244 g/mol. The Bertz CT molecular complexity index is 283. The molecule has 0 bridgehead atoms. The van der Waals surface area contributed by atoms with Crippen molar-refractivity contribution >= 4 is 11.9 Å². The summed E-state index contributed by atoms with van der Waals surface area (Å²) in [5.74, 6) is -0.803. The second-order valence-electron chi connectivity index (χ2n) is 5.58. The van der Waals surface area contributed by atoms with E-state index in [9.17, 15) is 9.59 Å². The molecule has 1 fully saturated rings. The predicted octanol–water partition coefficient (Wildman–Crippen LogP) is 2.80. The normalized spacial score (nSPS) is 30.1. The molecule has 0 aliphatic heterocycles. The highest BCUT2D eigenvalue weighted by atomic mass is 16.5. The SMILES string of the molecule is CCCOC(=O)C1C(C)CC(C)C1C(=O)OCCC. The first-order valence-corrected chi connectivity index (χ1v) is 7.36. The average Bonchev–Trinajstić information content (AvgIpc) is 2.68. The van der Waals surface area contributed by atoms with Crippen LogP contribution in [-0.2, 0) is 19.1 Å². The minimum absolute atomic E-state index is 0.179. The van der Waals surface area contributed by atoms with Gasteiger partial charge in [-0.1, -0.05) is 27.7 Å².